The second-order valence-electron chi connectivity index (χ2n) is 4.99. The van der Waals surface area contributed by atoms with E-state index in [-0.39, 0.29) is 11.9 Å². The molecule has 5 nitrogen and oxygen atoms in total. The zero-order chi connectivity index (χ0) is 13.8. The van der Waals surface area contributed by atoms with Crippen molar-refractivity contribution in [1.82, 2.24) is 14.5 Å². The van der Waals surface area contributed by atoms with Crippen molar-refractivity contribution in [3.63, 3.8) is 0 Å². The smallest absolute Gasteiger partial charge is 0.267 e. The molecule has 1 amide bonds. The van der Waals surface area contributed by atoms with Gasteiger partial charge in [-0.25, -0.2) is 0 Å². The largest absolute Gasteiger partial charge is 0.335 e. The summed E-state index contributed by atoms with van der Waals surface area (Å²) in [6.45, 7) is 5.42. The van der Waals surface area contributed by atoms with E-state index in [1.165, 1.54) is 11.5 Å². The van der Waals surface area contributed by atoms with E-state index in [1.807, 2.05) is 18.7 Å². The lowest BCUT2D eigenvalue weighted by Crippen LogP contribution is -2.44. The van der Waals surface area contributed by atoms with Crippen LogP contribution in [0.4, 0.5) is 0 Å². The van der Waals surface area contributed by atoms with Crippen molar-refractivity contribution >= 4 is 17.4 Å². The molecular weight excluding hydrogens is 260 g/mol. The Bertz CT molecular complexity index is 434. The number of aryl methyl sites for hydroxylation is 1. The maximum absolute atomic E-state index is 12.7. The quantitative estimate of drug-likeness (QED) is 0.892. The molecule has 2 unspecified atom stereocenters. The minimum absolute atomic E-state index is 0.0831. The van der Waals surface area contributed by atoms with Crippen LogP contribution in [0.2, 0.25) is 0 Å². The number of carbonyl (C=O) groups excluding carboxylic acids is 1. The van der Waals surface area contributed by atoms with Gasteiger partial charge in [-0.15, -0.1) is 5.10 Å². The van der Waals surface area contributed by atoms with Gasteiger partial charge in [0.2, 0.25) is 0 Å². The number of aromatic nitrogens is 2. The lowest BCUT2D eigenvalue weighted by molar-refractivity contribution is 0.0656. The summed E-state index contributed by atoms with van der Waals surface area (Å²) in [6.07, 6.45) is 4.11. The van der Waals surface area contributed by atoms with Crippen LogP contribution < -0.4 is 5.73 Å². The third kappa shape index (κ3) is 2.79. The predicted molar refractivity (Wildman–Crippen MR) is 76.2 cm³/mol. The van der Waals surface area contributed by atoms with Crippen LogP contribution in [0.15, 0.2) is 0 Å². The number of hydrogen-bond donors (Lipinski definition) is 1. The first-order valence-electron chi connectivity index (χ1n) is 7.05. The zero-order valence-corrected chi connectivity index (χ0v) is 12.4. The maximum atomic E-state index is 12.7. The lowest BCUT2D eigenvalue weighted by Gasteiger charge is -2.31. The molecule has 1 aliphatic carbocycles. The number of carbonyl (C=O) groups is 1. The van der Waals surface area contributed by atoms with Gasteiger partial charge < -0.3 is 10.6 Å². The van der Waals surface area contributed by atoms with E-state index in [0.29, 0.717) is 17.3 Å². The Morgan fingerprint density at radius 1 is 1.47 bits per heavy atom. The van der Waals surface area contributed by atoms with Gasteiger partial charge in [0.15, 0.2) is 0 Å². The van der Waals surface area contributed by atoms with Crippen LogP contribution in [-0.4, -0.2) is 39.5 Å². The SMILES string of the molecule is CCc1nnsc1C(=O)N(CC)C1CCCC1CN. The fraction of sp³-hybridized carbons (Fsp3) is 0.769. The van der Waals surface area contributed by atoms with Gasteiger partial charge in [-0.1, -0.05) is 17.8 Å². The van der Waals surface area contributed by atoms with Gasteiger partial charge in [-0.3, -0.25) is 4.79 Å². The molecule has 0 aliphatic heterocycles. The maximum Gasteiger partial charge on any atom is 0.267 e. The highest BCUT2D eigenvalue weighted by molar-refractivity contribution is 7.08. The molecule has 1 heterocycles. The monoisotopic (exact) mass is 282 g/mol. The molecule has 1 saturated carbocycles. The summed E-state index contributed by atoms with van der Waals surface area (Å²) in [5.41, 5.74) is 6.65. The average Bonchev–Trinajstić information content (AvgIpc) is 3.07. The van der Waals surface area contributed by atoms with E-state index in [2.05, 4.69) is 9.59 Å². The highest BCUT2D eigenvalue weighted by Gasteiger charge is 2.34. The molecule has 106 valence electrons. The normalized spacial score (nSPS) is 22.7. The molecule has 1 aromatic rings. The van der Waals surface area contributed by atoms with Crippen molar-refractivity contribution in [2.24, 2.45) is 11.7 Å². The number of rotatable bonds is 5. The summed E-state index contributed by atoms with van der Waals surface area (Å²) in [5, 5.41) is 4.03. The number of nitrogens with zero attached hydrogens (tertiary/aromatic N) is 3. The third-order valence-electron chi connectivity index (χ3n) is 4.01. The molecule has 0 saturated heterocycles. The van der Waals surface area contributed by atoms with Crippen molar-refractivity contribution < 1.29 is 4.79 Å². The molecule has 0 aromatic carbocycles. The summed E-state index contributed by atoms with van der Waals surface area (Å²) in [4.78, 5) is 15.4. The Labute approximate surface area is 118 Å². The summed E-state index contributed by atoms with van der Waals surface area (Å²) in [7, 11) is 0. The van der Waals surface area contributed by atoms with Crippen LogP contribution in [-0.2, 0) is 6.42 Å². The Balaban J connectivity index is 2.19. The van der Waals surface area contributed by atoms with Crippen LogP contribution in [0.25, 0.3) is 0 Å². The second kappa shape index (κ2) is 6.43. The Hall–Kier alpha value is -1.01. The second-order valence-corrected chi connectivity index (χ2v) is 5.74. The van der Waals surface area contributed by atoms with E-state index in [4.69, 9.17) is 5.73 Å². The van der Waals surface area contributed by atoms with Crippen molar-refractivity contribution in [2.45, 2.75) is 45.6 Å². The van der Waals surface area contributed by atoms with Gasteiger partial charge in [0, 0.05) is 12.6 Å². The highest BCUT2D eigenvalue weighted by atomic mass is 32.1. The Morgan fingerprint density at radius 3 is 2.89 bits per heavy atom. The molecule has 2 atom stereocenters. The van der Waals surface area contributed by atoms with Crippen LogP contribution >= 0.6 is 11.5 Å². The van der Waals surface area contributed by atoms with Crippen LogP contribution in [0.3, 0.4) is 0 Å². The van der Waals surface area contributed by atoms with Gasteiger partial charge in [-0.2, -0.15) is 0 Å². The molecule has 2 N–H and O–H groups in total. The van der Waals surface area contributed by atoms with E-state index < -0.39 is 0 Å². The van der Waals surface area contributed by atoms with Gasteiger partial charge in [0.25, 0.3) is 5.91 Å². The minimum Gasteiger partial charge on any atom is -0.335 e. The van der Waals surface area contributed by atoms with Gasteiger partial charge in [0.1, 0.15) is 4.88 Å². The first-order valence-corrected chi connectivity index (χ1v) is 7.82. The van der Waals surface area contributed by atoms with Gasteiger partial charge >= 0.3 is 0 Å². The Kier molecular flexibility index (Phi) is 4.87. The number of nitrogens with two attached hydrogens (primary N) is 1. The molecule has 0 radical (unpaired) electrons. The van der Waals surface area contributed by atoms with E-state index >= 15 is 0 Å². The molecule has 1 aromatic heterocycles. The third-order valence-corrected chi connectivity index (χ3v) is 4.76. The first-order chi connectivity index (χ1) is 9.22. The number of amides is 1. The molecule has 1 fully saturated rings. The molecule has 2 rings (SSSR count). The standard InChI is InChI=1S/C13H22N4OS/c1-3-10-12(19-16-15-10)13(18)17(4-2)11-7-5-6-9(11)8-14/h9,11H,3-8,14H2,1-2H3. The summed E-state index contributed by atoms with van der Waals surface area (Å²) in [5.74, 6) is 0.523. The van der Waals surface area contributed by atoms with Crippen LogP contribution in [0, 0.1) is 5.92 Å². The van der Waals surface area contributed by atoms with E-state index in [9.17, 15) is 4.79 Å². The molecule has 0 spiro atoms. The van der Waals surface area contributed by atoms with Gasteiger partial charge in [0.05, 0.1) is 5.69 Å². The summed E-state index contributed by atoms with van der Waals surface area (Å²) < 4.78 is 3.92. The van der Waals surface area contributed by atoms with Gasteiger partial charge in [-0.05, 0) is 50.2 Å². The van der Waals surface area contributed by atoms with Crippen molar-refractivity contribution in [2.75, 3.05) is 13.1 Å². The fourth-order valence-corrected chi connectivity index (χ4v) is 3.67. The zero-order valence-electron chi connectivity index (χ0n) is 11.6. The molecule has 1 aliphatic rings. The fourth-order valence-electron chi connectivity index (χ4n) is 2.96. The number of hydrogen-bond acceptors (Lipinski definition) is 5. The van der Waals surface area contributed by atoms with Crippen molar-refractivity contribution in [3.05, 3.63) is 10.6 Å². The highest BCUT2D eigenvalue weighted by Crippen LogP contribution is 2.30. The van der Waals surface area contributed by atoms with Crippen LogP contribution in [0.1, 0.15) is 48.5 Å². The first kappa shape index (κ1) is 14.4. The average molecular weight is 282 g/mol. The van der Waals surface area contributed by atoms with Crippen molar-refractivity contribution in [3.8, 4) is 0 Å². The van der Waals surface area contributed by atoms with Crippen molar-refractivity contribution in [1.29, 1.82) is 0 Å². The summed E-state index contributed by atoms with van der Waals surface area (Å²) >= 11 is 1.21. The molecule has 0 bridgehead atoms. The topological polar surface area (TPSA) is 72.1 Å². The summed E-state index contributed by atoms with van der Waals surface area (Å²) in [6, 6.07) is 0.286. The molecule has 19 heavy (non-hydrogen) atoms. The van der Waals surface area contributed by atoms with E-state index in [0.717, 1.165) is 37.9 Å². The molecular formula is C13H22N4OS. The Morgan fingerprint density at radius 2 is 2.26 bits per heavy atom. The predicted octanol–water partition coefficient (Wildman–Crippen LogP) is 1.69. The molecule has 6 heteroatoms. The van der Waals surface area contributed by atoms with Crippen LogP contribution in [0.5, 0.6) is 0 Å². The lowest BCUT2D eigenvalue weighted by atomic mass is 10.0. The van der Waals surface area contributed by atoms with E-state index in [1.54, 1.807) is 0 Å². The minimum atomic E-state index is 0.0831.